The normalized spacial score (nSPS) is 10.1. The number of nitrogens with one attached hydrogen (secondary N) is 4. The van der Waals surface area contributed by atoms with Crippen LogP contribution in [0.15, 0.2) is 60.7 Å². The number of nitrogens with zero attached hydrogens (tertiary/aromatic N) is 4. The van der Waals surface area contributed by atoms with Gasteiger partial charge in [-0.2, -0.15) is 0 Å². The monoisotopic (exact) mass is 526 g/mol. The molecule has 0 aliphatic carbocycles. The van der Waals surface area contributed by atoms with Crippen LogP contribution in [-0.4, -0.2) is 31.5 Å². The zero-order chi connectivity index (χ0) is 28.0. The number of carbonyl (C=O) groups is 2. The second-order valence-corrected chi connectivity index (χ2v) is 7.17. The minimum absolute atomic E-state index is 0.0731. The molecule has 0 saturated heterocycles. The summed E-state index contributed by atoms with van der Waals surface area (Å²) in [6.07, 6.45) is 0. The number of anilines is 2. The van der Waals surface area contributed by atoms with Crippen molar-refractivity contribution in [3.05, 3.63) is 112 Å². The highest BCUT2D eigenvalue weighted by Gasteiger charge is 2.21. The highest BCUT2D eigenvalue weighted by atomic mass is 16.6. The molecule has 0 aliphatic heterocycles. The number of hydrazine groups is 2. The molecule has 0 spiro atoms. The predicted octanol–water partition coefficient (Wildman–Crippen LogP) is 2.83. The molecule has 0 bridgehead atoms. The van der Waals surface area contributed by atoms with Crippen LogP contribution in [0.1, 0.15) is 20.7 Å². The number of amides is 2. The second kappa shape index (κ2) is 11.0. The molecule has 18 nitrogen and oxygen atoms in total. The minimum atomic E-state index is -0.880. The van der Waals surface area contributed by atoms with Crippen LogP contribution in [-0.2, 0) is 0 Å². The number of nitro benzene ring substituents is 4. The Kier molecular flexibility index (Phi) is 7.66. The van der Waals surface area contributed by atoms with E-state index < -0.39 is 54.3 Å². The molecule has 0 atom stereocenters. The molecule has 3 aromatic rings. The summed E-state index contributed by atoms with van der Waals surface area (Å²) in [5, 5.41) is 44.1. The lowest BCUT2D eigenvalue weighted by Crippen LogP contribution is -2.31. The molecule has 0 saturated carbocycles. The van der Waals surface area contributed by atoms with Gasteiger partial charge in [0.2, 0.25) is 0 Å². The Labute approximate surface area is 209 Å². The van der Waals surface area contributed by atoms with Crippen LogP contribution in [0.2, 0.25) is 0 Å². The van der Waals surface area contributed by atoms with E-state index in [0.717, 1.165) is 30.3 Å². The Morgan fingerprint density at radius 3 is 1.29 bits per heavy atom. The molecule has 38 heavy (non-hydrogen) atoms. The standard InChI is InChI=1S/C20H14N8O10/c29-19(23-21-15-6-4-13(25(31)32)9-17(15)27(35)36)11-2-1-3-12(8-11)20(30)24-22-16-7-5-14(26(33)34)10-18(16)28(37)38/h1-10,21-22H,(H,23,29)(H,24,30). The maximum atomic E-state index is 12.5. The van der Waals surface area contributed by atoms with Gasteiger partial charge in [0.05, 0.1) is 31.8 Å². The number of benzene rings is 3. The van der Waals surface area contributed by atoms with E-state index in [1.54, 1.807) is 0 Å². The maximum absolute atomic E-state index is 12.5. The molecular formula is C20H14N8O10. The third kappa shape index (κ3) is 6.07. The predicted molar refractivity (Wildman–Crippen MR) is 128 cm³/mol. The number of rotatable bonds is 10. The number of nitro groups is 4. The largest absolute Gasteiger partial charge is 0.300 e. The van der Waals surface area contributed by atoms with Gasteiger partial charge >= 0.3 is 11.4 Å². The van der Waals surface area contributed by atoms with Gasteiger partial charge < -0.3 is 0 Å². The van der Waals surface area contributed by atoms with Crippen molar-refractivity contribution in [2.45, 2.75) is 0 Å². The Hall–Kier alpha value is -6.20. The van der Waals surface area contributed by atoms with E-state index in [-0.39, 0.29) is 22.5 Å². The van der Waals surface area contributed by atoms with Gasteiger partial charge in [-0.3, -0.25) is 71.7 Å². The van der Waals surface area contributed by atoms with E-state index in [1.165, 1.54) is 18.2 Å². The summed E-state index contributed by atoms with van der Waals surface area (Å²) >= 11 is 0. The molecule has 194 valence electrons. The van der Waals surface area contributed by atoms with Crippen LogP contribution in [0.25, 0.3) is 0 Å². The van der Waals surface area contributed by atoms with E-state index in [4.69, 9.17) is 0 Å². The van der Waals surface area contributed by atoms with Crippen molar-refractivity contribution < 1.29 is 29.3 Å². The Morgan fingerprint density at radius 2 is 0.947 bits per heavy atom. The molecular weight excluding hydrogens is 512 g/mol. The van der Waals surface area contributed by atoms with Crippen LogP contribution >= 0.6 is 0 Å². The van der Waals surface area contributed by atoms with Crippen LogP contribution in [0.5, 0.6) is 0 Å². The molecule has 0 fully saturated rings. The summed E-state index contributed by atoms with van der Waals surface area (Å²) in [7, 11) is 0. The lowest BCUT2D eigenvalue weighted by atomic mass is 10.1. The molecule has 0 aliphatic rings. The smallest absolute Gasteiger partial charge is 0.292 e. The van der Waals surface area contributed by atoms with E-state index in [9.17, 15) is 50.0 Å². The highest BCUT2D eigenvalue weighted by Crippen LogP contribution is 2.29. The van der Waals surface area contributed by atoms with Gasteiger partial charge in [-0.05, 0) is 30.3 Å². The Bertz CT molecular complexity index is 1390. The van der Waals surface area contributed by atoms with Crippen LogP contribution < -0.4 is 21.7 Å². The van der Waals surface area contributed by atoms with Crippen molar-refractivity contribution in [1.29, 1.82) is 0 Å². The lowest BCUT2D eigenvalue weighted by Gasteiger charge is -2.11. The van der Waals surface area contributed by atoms with Gasteiger partial charge in [0.25, 0.3) is 23.2 Å². The zero-order valence-corrected chi connectivity index (χ0v) is 18.6. The average molecular weight is 526 g/mol. The van der Waals surface area contributed by atoms with Gasteiger partial charge in [0.1, 0.15) is 11.4 Å². The van der Waals surface area contributed by atoms with Crippen molar-refractivity contribution in [3.63, 3.8) is 0 Å². The lowest BCUT2D eigenvalue weighted by molar-refractivity contribution is -0.393. The maximum Gasteiger partial charge on any atom is 0.300 e. The van der Waals surface area contributed by atoms with Crippen LogP contribution in [0.4, 0.5) is 34.1 Å². The average Bonchev–Trinajstić information content (AvgIpc) is 2.89. The van der Waals surface area contributed by atoms with E-state index in [2.05, 4.69) is 21.7 Å². The van der Waals surface area contributed by atoms with Crippen LogP contribution in [0, 0.1) is 40.5 Å². The third-order valence-electron chi connectivity index (χ3n) is 4.79. The van der Waals surface area contributed by atoms with Crippen molar-refractivity contribution in [2.24, 2.45) is 0 Å². The van der Waals surface area contributed by atoms with E-state index in [0.29, 0.717) is 12.1 Å². The number of hydrogen-bond donors (Lipinski definition) is 4. The minimum Gasteiger partial charge on any atom is -0.292 e. The first-order valence-corrected chi connectivity index (χ1v) is 10.1. The molecule has 0 unspecified atom stereocenters. The molecule has 0 radical (unpaired) electrons. The number of carbonyl (C=O) groups excluding carboxylic acids is 2. The molecule has 0 heterocycles. The summed E-state index contributed by atoms with van der Waals surface area (Å²) in [6, 6.07) is 10.6. The summed E-state index contributed by atoms with van der Waals surface area (Å²) in [4.78, 5) is 65.7. The fourth-order valence-electron chi connectivity index (χ4n) is 2.97. The molecule has 3 rings (SSSR count). The fraction of sp³-hybridized carbons (Fsp3) is 0. The summed E-state index contributed by atoms with van der Waals surface area (Å²) in [5.74, 6) is -1.66. The number of non-ortho nitro benzene ring substituents is 2. The second-order valence-electron chi connectivity index (χ2n) is 7.17. The summed E-state index contributed by atoms with van der Waals surface area (Å²) in [5.41, 5.74) is 5.93. The fourth-order valence-corrected chi connectivity index (χ4v) is 2.97. The summed E-state index contributed by atoms with van der Waals surface area (Å²) < 4.78 is 0. The van der Waals surface area contributed by atoms with Crippen molar-refractivity contribution in [2.75, 3.05) is 10.9 Å². The first kappa shape index (κ1) is 26.4. The third-order valence-corrected chi connectivity index (χ3v) is 4.79. The zero-order valence-electron chi connectivity index (χ0n) is 18.6. The van der Waals surface area contributed by atoms with Gasteiger partial charge in [0.15, 0.2) is 0 Å². The van der Waals surface area contributed by atoms with Gasteiger partial charge in [-0.15, -0.1) is 0 Å². The highest BCUT2D eigenvalue weighted by molar-refractivity contribution is 6.00. The molecule has 0 aromatic heterocycles. The first-order chi connectivity index (χ1) is 18.0. The van der Waals surface area contributed by atoms with E-state index in [1.807, 2.05) is 0 Å². The van der Waals surface area contributed by atoms with Gasteiger partial charge in [-0.25, -0.2) is 0 Å². The molecule has 4 N–H and O–H groups in total. The van der Waals surface area contributed by atoms with Crippen molar-refractivity contribution in [1.82, 2.24) is 10.9 Å². The van der Waals surface area contributed by atoms with E-state index >= 15 is 0 Å². The Balaban J connectivity index is 1.70. The summed E-state index contributed by atoms with van der Waals surface area (Å²) in [6.45, 7) is 0. The SMILES string of the molecule is O=C(NNc1ccc([N+](=O)[O-])cc1[N+](=O)[O-])c1cccc(C(=O)NNc2ccc([N+](=O)[O-])cc2[N+](=O)[O-])c1. The quantitative estimate of drug-likeness (QED) is 0.220. The molecule has 18 heteroatoms. The van der Waals surface area contributed by atoms with Crippen LogP contribution in [0.3, 0.4) is 0 Å². The first-order valence-electron chi connectivity index (χ1n) is 10.1. The van der Waals surface area contributed by atoms with Crippen molar-refractivity contribution >= 4 is 45.9 Å². The molecule has 3 aromatic carbocycles. The van der Waals surface area contributed by atoms with Crippen molar-refractivity contribution in [3.8, 4) is 0 Å². The molecule has 2 amide bonds. The topological polar surface area (TPSA) is 255 Å². The Morgan fingerprint density at radius 1 is 0.553 bits per heavy atom. The van der Waals surface area contributed by atoms with Gasteiger partial charge in [0, 0.05) is 23.3 Å². The van der Waals surface area contributed by atoms with Gasteiger partial charge in [-0.1, -0.05) is 6.07 Å². The number of hydrogen-bond acceptors (Lipinski definition) is 12.